The van der Waals surface area contributed by atoms with Crippen LogP contribution in [0.5, 0.6) is 0 Å². The number of nitrogens with zero attached hydrogens (tertiary/aromatic N) is 4. The van der Waals surface area contributed by atoms with Gasteiger partial charge in [0.05, 0.1) is 28.0 Å². The Balaban J connectivity index is 1.72. The lowest BCUT2D eigenvalue weighted by molar-refractivity contribution is -0.384. The number of benzene rings is 1. The topological polar surface area (TPSA) is 137 Å². The van der Waals surface area contributed by atoms with E-state index in [2.05, 4.69) is 12.1 Å². The molecule has 0 amide bonds. The highest BCUT2D eigenvalue weighted by molar-refractivity contribution is 7.16. The summed E-state index contributed by atoms with van der Waals surface area (Å²) < 4.78 is 0. The number of hydrogen-bond donors (Lipinski definition) is 1. The molecule has 0 fully saturated rings. The van der Waals surface area contributed by atoms with E-state index in [-0.39, 0.29) is 22.9 Å². The predicted molar refractivity (Wildman–Crippen MR) is 131 cm³/mol. The average molecular weight is 486 g/mol. The number of aryl methyl sites for hydroxylation is 1. The molecular weight excluding hydrogens is 462 g/mol. The van der Waals surface area contributed by atoms with Crippen LogP contribution in [-0.2, 0) is 17.6 Å². The molecule has 3 aliphatic rings. The zero-order valence-electron chi connectivity index (χ0n) is 19.0. The van der Waals surface area contributed by atoms with E-state index in [1.165, 1.54) is 17.0 Å². The van der Waals surface area contributed by atoms with E-state index >= 15 is 0 Å². The van der Waals surface area contributed by atoms with Crippen molar-refractivity contribution in [1.82, 2.24) is 0 Å². The Morgan fingerprint density at radius 2 is 1.77 bits per heavy atom. The summed E-state index contributed by atoms with van der Waals surface area (Å²) in [6.07, 6.45) is 6.59. The summed E-state index contributed by atoms with van der Waals surface area (Å²) in [5.41, 5.74) is 10.3. The van der Waals surface area contributed by atoms with Crippen LogP contribution in [0, 0.1) is 32.8 Å². The van der Waals surface area contributed by atoms with Crippen LogP contribution in [0.1, 0.15) is 66.0 Å². The molecule has 1 aromatic carbocycles. The maximum Gasteiger partial charge on any atom is 0.269 e. The fourth-order valence-corrected chi connectivity index (χ4v) is 6.82. The molecule has 0 unspecified atom stereocenters. The van der Waals surface area contributed by atoms with Gasteiger partial charge in [-0.2, -0.15) is 10.5 Å². The van der Waals surface area contributed by atoms with E-state index in [0.717, 1.165) is 43.4 Å². The highest BCUT2D eigenvalue weighted by Crippen LogP contribution is 2.50. The molecule has 0 saturated carbocycles. The van der Waals surface area contributed by atoms with E-state index in [0.29, 0.717) is 41.0 Å². The first kappa shape index (κ1) is 22.8. The molecule has 0 bridgehead atoms. The number of nitro groups is 1. The molecule has 1 atom stereocenters. The van der Waals surface area contributed by atoms with Gasteiger partial charge in [0, 0.05) is 34.7 Å². The SMILES string of the molecule is N#CC1=C(N)N(c2sc3c(c2C#N)CCCCC3)C2=C(C(=O)CCC2)[C@@H]1c1ccc([N+](=O)[O-])cc1. The van der Waals surface area contributed by atoms with Gasteiger partial charge >= 0.3 is 0 Å². The largest absolute Gasteiger partial charge is 0.384 e. The molecular formula is C26H23N5O3S. The molecule has 2 heterocycles. The number of nitro benzene ring substituents is 1. The maximum atomic E-state index is 13.3. The zero-order chi connectivity index (χ0) is 24.7. The molecule has 2 N–H and O–H groups in total. The summed E-state index contributed by atoms with van der Waals surface area (Å²) in [4.78, 5) is 26.9. The van der Waals surface area contributed by atoms with Gasteiger partial charge in [0.2, 0.25) is 0 Å². The normalized spacial score (nSPS) is 20.0. The third-order valence-corrected chi connectivity index (χ3v) is 8.35. The van der Waals surface area contributed by atoms with Crippen LogP contribution in [-0.4, -0.2) is 10.7 Å². The van der Waals surface area contributed by atoms with Crippen molar-refractivity contribution in [2.24, 2.45) is 5.73 Å². The van der Waals surface area contributed by atoms with Crippen molar-refractivity contribution in [3.63, 3.8) is 0 Å². The lowest BCUT2D eigenvalue weighted by Crippen LogP contribution is -2.38. The summed E-state index contributed by atoms with van der Waals surface area (Å²) in [7, 11) is 0. The highest BCUT2D eigenvalue weighted by atomic mass is 32.1. The Morgan fingerprint density at radius 1 is 1.03 bits per heavy atom. The van der Waals surface area contributed by atoms with Gasteiger partial charge in [-0.1, -0.05) is 18.6 Å². The van der Waals surface area contributed by atoms with Gasteiger partial charge in [0.15, 0.2) is 5.78 Å². The first-order valence-electron chi connectivity index (χ1n) is 11.7. The van der Waals surface area contributed by atoms with Crippen molar-refractivity contribution < 1.29 is 9.72 Å². The van der Waals surface area contributed by atoms with Gasteiger partial charge in [-0.25, -0.2) is 0 Å². The molecule has 35 heavy (non-hydrogen) atoms. The van der Waals surface area contributed by atoms with Crippen LogP contribution >= 0.6 is 11.3 Å². The number of nitrogens with two attached hydrogens (primary N) is 1. The summed E-state index contributed by atoms with van der Waals surface area (Å²) in [5, 5.41) is 32.1. The van der Waals surface area contributed by atoms with E-state index in [1.54, 1.807) is 28.4 Å². The number of allylic oxidation sites excluding steroid dienone is 3. The van der Waals surface area contributed by atoms with E-state index in [4.69, 9.17) is 5.73 Å². The van der Waals surface area contributed by atoms with Gasteiger partial charge in [0.25, 0.3) is 5.69 Å². The second kappa shape index (κ2) is 9.01. The number of rotatable bonds is 3. The monoisotopic (exact) mass is 485 g/mol. The zero-order valence-corrected chi connectivity index (χ0v) is 19.9. The minimum Gasteiger partial charge on any atom is -0.384 e. The van der Waals surface area contributed by atoms with Crippen molar-refractivity contribution in [1.29, 1.82) is 10.5 Å². The minimum atomic E-state index is -0.692. The molecule has 2 aromatic rings. The van der Waals surface area contributed by atoms with Crippen LogP contribution < -0.4 is 10.6 Å². The predicted octanol–water partition coefficient (Wildman–Crippen LogP) is 5.10. The number of fused-ring (bicyclic) bond motifs is 1. The maximum absolute atomic E-state index is 13.3. The fourth-order valence-electron chi connectivity index (χ4n) is 5.44. The second-order valence-corrected chi connectivity index (χ2v) is 10.1. The van der Waals surface area contributed by atoms with Crippen molar-refractivity contribution in [2.75, 3.05) is 4.90 Å². The number of carbonyl (C=O) groups excluding carboxylic acids is 1. The van der Waals surface area contributed by atoms with Crippen molar-refractivity contribution in [3.8, 4) is 12.1 Å². The van der Waals surface area contributed by atoms with Crippen LogP contribution in [0.15, 0.2) is 46.9 Å². The van der Waals surface area contributed by atoms with E-state index < -0.39 is 10.8 Å². The van der Waals surface area contributed by atoms with Crippen molar-refractivity contribution in [2.45, 2.75) is 57.3 Å². The summed E-state index contributed by atoms with van der Waals surface area (Å²) >= 11 is 1.54. The molecule has 1 aliphatic heterocycles. The first-order valence-corrected chi connectivity index (χ1v) is 12.5. The Labute approximate surface area is 206 Å². The molecule has 8 nitrogen and oxygen atoms in total. The third kappa shape index (κ3) is 3.69. The summed E-state index contributed by atoms with van der Waals surface area (Å²) in [6.45, 7) is 0. The highest BCUT2D eigenvalue weighted by Gasteiger charge is 2.42. The standard InChI is InChI=1S/C26H23N5O3S/c27-13-18-17-5-2-1-3-8-22(17)35-26(18)30-20-6-4-7-21(32)24(20)23(19(14-28)25(30)29)15-9-11-16(12-10-15)31(33)34/h9-12,23H,1-8,29H2/t23-/m1/s1. The van der Waals surface area contributed by atoms with Crippen molar-refractivity contribution in [3.05, 3.63) is 78.6 Å². The molecule has 176 valence electrons. The van der Waals surface area contributed by atoms with Crippen LogP contribution in [0.3, 0.4) is 0 Å². The van der Waals surface area contributed by atoms with Gasteiger partial charge in [0.1, 0.15) is 16.9 Å². The van der Waals surface area contributed by atoms with E-state index in [1.807, 2.05) is 0 Å². The molecule has 9 heteroatoms. The smallest absolute Gasteiger partial charge is 0.269 e. The Kier molecular flexibility index (Phi) is 5.88. The van der Waals surface area contributed by atoms with Crippen LogP contribution in [0.4, 0.5) is 10.7 Å². The van der Waals surface area contributed by atoms with Crippen LogP contribution in [0.2, 0.25) is 0 Å². The van der Waals surface area contributed by atoms with Gasteiger partial charge < -0.3 is 5.73 Å². The first-order chi connectivity index (χ1) is 17.0. The Hall–Kier alpha value is -3.95. The minimum absolute atomic E-state index is 0.0588. The quantitative estimate of drug-likeness (QED) is 0.362. The summed E-state index contributed by atoms with van der Waals surface area (Å²) in [5.74, 6) is -0.531. The van der Waals surface area contributed by atoms with Gasteiger partial charge in [-0.15, -0.1) is 11.3 Å². The number of nitriles is 2. The number of Topliss-reactive ketones (excluding diaryl/α,β-unsaturated/α-hetero) is 1. The van der Waals surface area contributed by atoms with E-state index in [9.17, 15) is 25.4 Å². The number of non-ortho nitro benzene ring substituents is 1. The average Bonchev–Trinajstić information content (AvgIpc) is 3.03. The van der Waals surface area contributed by atoms with Gasteiger partial charge in [-0.05, 0) is 49.7 Å². The molecule has 0 radical (unpaired) electrons. The molecule has 2 aliphatic carbocycles. The Bertz CT molecular complexity index is 1390. The second-order valence-electron chi connectivity index (χ2n) is 9.02. The number of hydrogen-bond acceptors (Lipinski definition) is 8. The fraction of sp³-hybridized carbons (Fsp3) is 0.346. The molecule has 0 saturated heterocycles. The summed E-state index contributed by atoms with van der Waals surface area (Å²) in [6, 6.07) is 10.5. The third-order valence-electron chi connectivity index (χ3n) is 7.07. The molecule has 1 aromatic heterocycles. The lowest BCUT2D eigenvalue weighted by atomic mass is 9.75. The number of thiophene rings is 1. The number of anilines is 1. The van der Waals surface area contributed by atoms with Crippen molar-refractivity contribution >= 4 is 27.8 Å². The molecule has 0 spiro atoms. The van der Waals surface area contributed by atoms with Gasteiger partial charge in [-0.3, -0.25) is 19.8 Å². The Morgan fingerprint density at radius 3 is 2.46 bits per heavy atom. The molecule has 5 rings (SSSR count). The van der Waals surface area contributed by atoms with Crippen LogP contribution in [0.25, 0.3) is 0 Å². The number of ketones is 1. The lowest BCUT2D eigenvalue weighted by Gasteiger charge is -2.39. The number of carbonyl (C=O) groups is 1.